The normalized spacial score (nSPS) is 20.9. The largest absolute Gasteiger partial charge is 0.302 e. The first-order chi connectivity index (χ1) is 8.90. The number of nitrogens with one attached hydrogen (secondary N) is 1. The SMILES string of the molecule is Cc1cc(S(=O)(=O)NCC2CCCN2C)ccc1Br. The summed E-state index contributed by atoms with van der Waals surface area (Å²) in [5.74, 6) is 0. The average Bonchev–Trinajstić information content (AvgIpc) is 2.76. The molecular weight excluding hydrogens is 328 g/mol. The molecule has 106 valence electrons. The van der Waals surface area contributed by atoms with E-state index in [0.717, 1.165) is 29.4 Å². The Morgan fingerprint density at radius 2 is 2.21 bits per heavy atom. The second kappa shape index (κ2) is 5.91. The molecule has 0 bridgehead atoms. The third-order valence-electron chi connectivity index (χ3n) is 3.62. The van der Waals surface area contributed by atoms with Gasteiger partial charge < -0.3 is 4.90 Å². The van der Waals surface area contributed by atoms with E-state index in [1.165, 1.54) is 0 Å². The highest BCUT2D eigenvalue weighted by molar-refractivity contribution is 9.10. The van der Waals surface area contributed by atoms with Gasteiger partial charge in [0.2, 0.25) is 10.0 Å². The summed E-state index contributed by atoms with van der Waals surface area (Å²) in [5, 5.41) is 0. The quantitative estimate of drug-likeness (QED) is 0.908. The Labute approximate surface area is 123 Å². The number of likely N-dealkylation sites (tertiary alicyclic amines) is 1. The third-order valence-corrected chi connectivity index (χ3v) is 5.93. The van der Waals surface area contributed by atoms with Crippen LogP contribution in [-0.4, -0.2) is 39.5 Å². The minimum Gasteiger partial charge on any atom is -0.302 e. The van der Waals surface area contributed by atoms with E-state index in [9.17, 15) is 8.42 Å². The van der Waals surface area contributed by atoms with Crippen LogP contribution in [0.2, 0.25) is 0 Å². The molecule has 0 aliphatic carbocycles. The number of benzene rings is 1. The summed E-state index contributed by atoms with van der Waals surface area (Å²) < 4.78 is 28.1. The van der Waals surface area contributed by atoms with Crippen LogP contribution in [0.25, 0.3) is 0 Å². The van der Waals surface area contributed by atoms with E-state index in [1.54, 1.807) is 18.2 Å². The highest BCUT2D eigenvalue weighted by Crippen LogP contribution is 2.20. The Balaban J connectivity index is 2.07. The fourth-order valence-electron chi connectivity index (χ4n) is 2.31. The van der Waals surface area contributed by atoms with Crippen molar-refractivity contribution < 1.29 is 8.42 Å². The van der Waals surface area contributed by atoms with Crippen molar-refractivity contribution in [2.75, 3.05) is 20.1 Å². The maximum absolute atomic E-state index is 12.2. The van der Waals surface area contributed by atoms with Crippen LogP contribution in [-0.2, 0) is 10.0 Å². The van der Waals surface area contributed by atoms with E-state index in [1.807, 2.05) is 14.0 Å². The molecule has 2 rings (SSSR count). The molecule has 0 radical (unpaired) electrons. The van der Waals surface area contributed by atoms with Crippen LogP contribution in [0.5, 0.6) is 0 Å². The molecule has 1 N–H and O–H groups in total. The molecule has 6 heteroatoms. The maximum Gasteiger partial charge on any atom is 0.240 e. The van der Waals surface area contributed by atoms with Crippen molar-refractivity contribution in [1.29, 1.82) is 0 Å². The molecule has 4 nitrogen and oxygen atoms in total. The standard InChI is InChI=1S/C13H19BrN2O2S/c1-10-8-12(5-6-13(10)14)19(17,18)15-9-11-4-3-7-16(11)2/h5-6,8,11,15H,3-4,7,9H2,1-2H3. The highest BCUT2D eigenvalue weighted by atomic mass is 79.9. The van der Waals surface area contributed by atoms with Crippen molar-refractivity contribution in [3.63, 3.8) is 0 Å². The first-order valence-corrected chi connectivity index (χ1v) is 8.64. The minimum absolute atomic E-state index is 0.311. The Morgan fingerprint density at radius 1 is 1.47 bits per heavy atom. The van der Waals surface area contributed by atoms with E-state index < -0.39 is 10.0 Å². The molecule has 1 atom stereocenters. The smallest absolute Gasteiger partial charge is 0.240 e. The van der Waals surface area contributed by atoms with Gasteiger partial charge in [-0.15, -0.1) is 0 Å². The third kappa shape index (κ3) is 3.56. The van der Waals surface area contributed by atoms with Crippen LogP contribution in [0.1, 0.15) is 18.4 Å². The molecule has 1 aromatic carbocycles. The van der Waals surface area contributed by atoms with Crippen molar-refractivity contribution in [3.8, 4) is 0 Å². The molecule has 1 aliphatic rings. The number of hydrogen-bond acceptors (Lipinski definition) is 3. The predicted molar refractivity (Wildman–Crippen MR) is 79.7 cm³/mol. The summed E-state index contributed by atoms with van der Waals surface area (Å²) in [6.07, 6.45) is 2.19. The number of hydrogen-bond donors (Lipinski definition) is 1. The number of rotatable bonds is 4. The van der Waals surface area contributed by atoms with Gasteiger partial charge in [-0.3, -0.25) is 0 Å². The van der Waals surface area contributed by atoms with Gasteiger partial charge in [-0.2, -0.15) is 0 Å². The summed E-state index contributed by atoms with van der Waals surface area (Å²) in [6, 6.07) is 5.39. The van der Waals surface area contributed by atoms with Crippen molar-refractivity contribution in [2.24, 2.45) is 0 Å². The summed E-state index contributed by atoms with van der Waals surface area (Å²) in [4.78, 5) is 2.53. The van der Waals surface area contributed by atoms with Gasteiger partial charge in [-0.25, -0.2) is 13.1 Å². The van der Waals surface area contributed by atoms with Crippen molar-refractivity contribution in [3.05, 3.63) is 28.2 Å². The maximum atomic E-state index is 12.2. The fraction of sp³-hybridized carbons (Fsp3) is 0.538. The first kappa shape index (κ1) is 15.0. The summed E-state index contributed by atoms with van der Waals surface area (Å²) in [7, 11) is -1.37. The van der Waals surface area contributed by atoms with Crippen LogP contribution in [0, 0.1) is 6.92 Å². The molecule has 1 unspecified atom stereocenters. The lowest BCUT2D eigenvalue weighted by Crippen LogP contribution is -2.38. The number of halogens is 1. The van der Waals surface area contributed by atoms with Gasteiger partial charge in [0.1, 0.15) is 0 Å². The second-order valence-corrected chi connectivity index (χ2v) is 7.66. The Bertz CT molecular complexity index is 560. The van der Waals surface area contributed by atoms with Gasteiger partial charge in [0.15, 0.2) is 0 Å². The molecule has 1 fully saturated rings. The molecule has 0 amide bonds. The number of nitrogens with zero attached hydrogens (tertiary/aromatic N) is 1. The van der Waals surface area contributed by atoms with Gasteiger partial charge in [-0.05, 0) is 57.1 Å². The van der Waals surface area contributed by atoms with Gasteiger partial charge in [0, 0.05) is 17.1 Å². The lowest BCUT2D eigenvalue weighted by atomic mass is 10.2. The molecule has 0 saturated carbocycles. The molecular formula is C13H19BrN2O2S. The number of sulfonamides is 1. The Hall–Kier alpha value is -0.430. The van der Waals surface area contributed by atoms with Crippen LogP contribution >= 0.6 is 15.9 Å². The van der Waals surface area contributed by atoms with Crippen LogP contribution in [0.15, 0.2) is 27.6 Å². The second-order valence-electron chi connectivity index (χ2n) is 5.04. The summed E-state index contributed by atoms with van der Waals surface area (Å²) in [6.45, 7) is 3.41. The Kier molecular flexibility index (Phi) is 4.66. The van der Waals surface area contributed by atoms with E-state index in [2.05, 4.69) is 25.6 Å². The van der Waals surface area contributed by atoms with Gasteiger partial charge >= 0.3 is 0 Å². The zero-order valence-corrected chi connectivity index (χ0v) is 13.6. The van der Waals surface area contributed by atoms with Gasteiger partial charge in [0.25, 0.3) is 0 Å². The van der Waals surface area contributed by atoms with Crippen LogP contribution in [0.3, 0.4) is 0 Å². The topological polar surface area (TPSA) is 49.4 Å². The van der Waals surface area contributed by atoms with Crippen LogP contribution in [0.4, 0.5) is 0 Å². The molecule has 1 saturated heterocycles. The molecule has 0 aromatic heterocycles. The molecule has 0 spiro atoms. The highest BCUT2D eigenvalue weighted by Gasteiger charge is 2.23. The monoisotopic (exact) mass is 346 g/mol. The fourth-order valence-corrected chi connectivity index (χ4v) is 3.71. The summed E-state index contributed by atoms with van der Waals surface area (Å²) in [5.41, 5.74) is 0.917. The molecule has 19 heavy (non-hydrogen) atoms. The van der Waals surface area contributed by atoms with Gasteiger partial charge in [0.05, 0.1) is 4.90 Å². The first-order valence-electron chi connectivity index (χ1n) is 6.36. The number of aryl methyl sites for hydroxylation is 1. The van der Waals surface area contributed by atoms with E-state index in [4.69, 9.17) is 0 Å². The lowest BCUT2D eigenvalue weighted by Gasteiger charge is -2.19. The molecule has 1 aliphatic heterocycles. The molecule has 1 heterocycles. The van der Waals surface area contributed by atoms with E-state index in [-0.39, 0.29) is 0 Å². The van der Waals surface area contributed by atoms with Crippen LogP contribution < -0.4 is 4.72 Å². The van der Waals surface area contributed by atoms with Crippen molar-refractivity contribution in [2.45, 2.75) is 30.7 Å². The van der Waals surface area contributed by atoms with Crippen molar-refractivity contribution in [1.82, 2.24) is 9.62 Å². The lowest BCUT2D eigenvalue weighted by molar-refractivity contribution is 0.311. The average molecular weight is 347 g/mol. The molecule has 1 aromatic rings. The predicted octanol–water partition coefficient (Wildman–Crippen LogP) is 2.13. The minimum atomic E-state index is -3.41. The zero-order chi connectivity index (χ0) is 14.0. The number of likely N-dealkylation sites (N-methyl/N-ethyl adjacent to an activating group) is 1. The summed E-state index contributed by atoms with van der Waals surface area (Å²) >= 11 is 3.37. The Morgan fingerprint density at radius 3 is 2.79 bits per heavy atom. The van der Waals surface area contributed by atoms with E-state index >= 15 is 0 Å². The zero-order valence-electron chi connectivity index (χ0n) is 11.2. The van der Waals surface area contributed by atoms with E-state index in [0.29, 0.717) is 17.5 Å². The van der Waals surface area contributed by atoms with Gasteiger partial charge in [-0.1, -0.05) is 15.9 Å². The van der Waals surface area contributed by atoms with Crippen molar-refractivity contribution >= 4 is 26.0 Å².